The monoisotopic (exact) mass is 477 g/mol. The van der Waals surface area contributed by atoms with Gasteiger partial charge in [0, 0.05) is 25.3 Å². The van der Waals surface area contributed by atoms with Gasteiger partial charge in [-0.1, -0.05) is 36.4 Å². The van der Waals surface area contributed by atoms with E-state index in [1.165, 1.54) is 0 Å². The number of carbonyl (C=O) groups is 2. The van der Waals surface area contributed by atoms with Gasteiger partial charge < -0.3 is 19.7 Å². The summed E-state index contributed by atoms with van der Waals surface area (Å²) in [6.07, 6.45) is 0.325. The smallest absolute Gasteiger partial charge is 0.257 e. The van der Waals surface area contributed by atoms with Crippen LogP contribution < -0.4 is 20.1 Å². The fourth-order valence-corrected chi connectivity index (χ4v) is 3.15. The number of rotatable bonds is 9. The third-order valence-corrected chi connectivity index (χ3v) is 4.96. The molecule has 0 spiro atoms. The van der Waals surface area contributed by atoms with Crippen LogP contribution in [0.3, 0.4) is 0 Å². The van der Waals surface area contributed by atoms with Crippen LogP contribution >= 0.6 is 12.2 Å². The molecule has 3 aromatic carbocycles. The molecular weight excluding hydrogens is 450 g/mol. The molecule has 0 heterocycles. The Morgan fingerprint density at radius 1 is 0.853 bits per heavy atom. The van der Waals surface area contributed by atoms with E-state index in [1.807, 2.05) is 54.6 Å². The Hall–Kier alpha value is -3.91. The van der Waals surface area contributed by atoms with Gasteiger partial charge in [0.25, 0.3) is 5.91 Å². The standard InChI is InChI=1S/C26H27N3O4S/c1-29(2)24(30)17-19-11-13-21(14-12-19)27-26(34)28-25(31)20-7-6-10-23(18-20)33-16-15-32-22-8-4-3-5-9-22/h3-14,18H,15-17H2,1-2H3,(H2,27,28,31,34). The Morgan fingerprint density at radius 2 is 1.50 bits per heavy atom. The average Bonchev–Trinajstić information content (AvgIpc) is 2.84. The Labute approximate surface area is 204 Å². The molecule has 2 N–H and O–H groups in total. The fourth-order valence-electron chi connectivity index (χ4n) is 2.94. The Bertz CT molecular complexity index is 1120. The number of hydrogen-bond acceptors (Lipinski definition) is 5. The van der Waals surface area contributed by atoms with Crippen molar-refractivity contribution in [1.82, 2.24) is 10.2 Å². The summed E-state index contributed by atoms with van der Waals surface area (Å²) >= 11 is 5.26. The molecule has 0 bridgehead atoms. The maximum absolute atomic E-state index is 12.6. The third kappa shape index (κ3) is 7.90. The fraction of sp³-hybridized carbons (Fsp3) is 0.192. The van der Waals surface area contributed by atoms with E-state index in [2.05, 4.69) is 10.6 Å². The Balaban J connectivity index is 1.46. The summed E-state index contributed by atoms with van der Waals surface area (Å²) in [6.45, 7) is 0.729. The molecule has 0 radical (unpaired) electrons. The lowest BCUT2D eigenvalue weighted by molar-refractivity contribution is -0.127. The molecule has 0 aromatic heterocycles. The largest absolute Gasteiger partial charge is 0.490 e. The molecule has 7 nitrogen and oxygen atoms in total. The van der Waals surface area contributed by atoms with Crippen LogP contribution in [-0.2, 0) is 11.2 Å². The molecule has 0 saturated heterocycles. The van der Waals surface area contributed by atoms with E-state index in [-0.39, 0.29) is 16.9 Å². The first-order chi connectivity index (χ1) is 16.4. The van der Waals surface area contributed by atoms with Crippen molar-refractivity contribution in [3.63, 3.8) is 0 Å². The molecule has 3 aromatic rings. The van der Waals surface area contributed by atoms with Crippen molar-refractivity contribution in [3.8, 4) is 11.5 Å². The summed E-state index contributed by atoms with van der Waals surface area (Å²) in [6, 6.07) is 23.6. The quantitative estimate of drug-likeness (QED) is 0.359. The molecule has 0 atom stereocenters. The number of ether oxygens (including phenoxy) is 2. The van der Waals surface area contributed by atoms with Crippen LogP contribution in [0.5, 0.6) is 11.5 Å². The van der Waals surface area contributed by atoms with Crippen molar-refractivity contribution in [1.29, 1.82) is 0 Å². The average molecular weight is 478 g/mol. The normalized spacial score (nSPS) is 10.2. The van der Waals surface area contributed by atoms with E-state index < -0.39 is 0 Å². The van der Waals surface area contributed by atoms with Gasteiger partial charge in [-0.15, -0.1) is 0 Å². The highest BCUT2D eigenvalue weighted by Gasteiger charge is 2.10. The predicted molar refractivity (Wildman–Crippen MR) is 136 cm³/mol. The molecule has 34 heavy (non-hydrogen) atoms. The van der Waals surface area contributed by atoms with Crippen LogP contribution in [0.25, 0.3) is 0 Å². The molecule has 0 unspecified atom stereocenters. The zero-order valence-corrected chi connectivity index (χ0v) is 19.9. The minimum Gasteiger partial charge on any atom is -0.490 e. The number of carbonyl (C=O) groups excluding carboxylic acids is 2. The number of amides is 2. The molecule has 8 heteroatoms. The molecular formula is C26H27N3O4S. The summed E-state index contributed by atoms with van der Waals surface area (Å²) in [4.78, 5) is 26.0. The molecule has 0 fully saturated rings. The topological polar surface area (TPSA) is 79.9 Å². The van der Waals surface area contributed by atoms with Gasteiger partial charge in [0.1, 0.15) is 24.7 Å². The number of likely N-dealkylation sites (N-methyl/N-ethyl adjacent to an activating group) is 1. The maximum Gasteiger partial charge on any atom is 0.257 e. The van der Waals surface area contributed by atoms with Crippen LogP contribution in [0.4, 0.5) is 5.69 Å². The summed E-state index contributed by atoms with van der Waals surface area (Å²) in [5.41, 5.74) is 2.02. The number of nitrogens with one attached hydrogen (secondary N) is 2. The summed E-state index contributed by atoms with van der Waals surface area (Å²) in [5.74, 6) is 1.01. The molecule has 176 valence electrons. The van der Waals surface area contributed by atoms with Gasteiger partial charge in [-0.3, -0.25) is 14.9 Å². The molecule has 0 saturated carbocycles. The van der Waals surface area contributed by atoms with Crippen molar-refractivity contribution < 1.29 is 19.1 Å². The van der Waals surface area contributed by atoms with E-state index in [9.17, 15) is 9.59 Å². The van der Waals surface area contributed by atoms with Gasteiger partial charge in [0.05, 0.1) is 6.42 Å². The highest BCUT2D eigenvalue weighted by molar-refractivity contribution is 7.80. The lowest BCUT2D eigenvalue weighted by atomic mass is 10.1. The van der Waals surface area contributed by atoms with E-state index in [1.54, 1.807) is 43.3 Å². The van der Waals surface area contributed by atoms with Crippen molar-refractivity contribution in [2.45, 2.75) is 6.42 Å². The summed E-state index contributed by atoms with van der Waals surface area (Å²) < 4.78 is 11.3. The first-order valence-corrected chi connectivity index (χ1v) is 11.1. The maximum atomic E-state index is 12.6. The molecule has 3 rings (SSSR count). The number of anilines is 1. The number of benzene rings is 3. The van der Waals surface area contributed by atoms with Crippen molar-refractivity contribution >= 4 is 34.8 Å². The van der Waals surface area contributed by atoms with Gasteiger partial charge >= 0.3 is 0 Å². The van der Waals surface area contributed by atoms with Gasteiger partial charge in [-0.05, 0) is 60.2 Å². The highest BCUT2D eigenvalue weighted by atomic mass is 32.1. The first-order valence-electron chi connectivity index (χ1n) is 10.7. The summed E-state index contributed by atoms with van der Waals surface area (Å²) in [7, 11) is 3.45. The van der Waals surface area contributed by atoms with Crippen molar-refractivity contribution in [2.75, 3.05) is 32.6 Å². The van der Waals surface area contributed by atoms with E-state index in [4.69, 9.17) is 21.7 Å². The number of hydrogen-bond donors (Lipinski definition) is 2. The third-order valence-electron chi connectivity index (χ3n) is 4.75. The highest BCUT2D eigenvalue weighted by Crippen LogP contribution is 2.15. The lowest BCUT2D eigenvalue weighted by Crippen LogP contribution is -2.34. The van der Waals surface area contributed by atoms with Gasteiger partial charge in [0.2, 0.25) is 5.91 Å². The second kappa shape index (κ2) is 12.4. The minimum atomic E-state index is -0.350. The van der Waals surface area contributed by atoms with Crippen molar-refractivity contribution in [3.05, 3.63) is 90.0 Å². The van der Waals surface area contributed by atoms with Crippen LogP contribution in [0.1, 0.15) is 15.9 Å². The van der Waals surface area contributed by atoms with E-state index >= 15 is 0 Å². The SMILES string of the molecule is CN(C)C(=O)Cc1ccc(NC(=S)NC(=O)c2cccc(OCCOc3ccccc3)c2)cc1. The number of thiocarbonyl (C=S) groups is 1. The second-order valence-corrected chi connectivity index (χ2v) is 8.02. The minimum absolute atomic E-state index is 0.0263. The molecule has 0 aliphatic carbocycles. The molecule has 2 amide bonds. The van der Waals surface area contributed by atoms with Gasteiger partial charge in [-0.25, -0.2) is 0 Å². The van der Waals surface area contributed by atoms with Crippen molar-refractivity contribution in [2.24, 2.45) is 0 Å². The van der Waals surface area contributed by atoms with Crippen LogP contribution in [0, 0.1) is 0 Å². The van der Waals surface area contributed by atoms with Crippen LogP contribution in [-0.4, -0.2) is 49.1 Å². The van der Waals surface area contributed by atoms with Crippen LogP contribution in [0.2, 0.25) is 0 Å². The van der Waals surface area contributed by atoms with E-state index in [0.29, 0.717) is 36.6 Å². The Morgan fingerprint density at radius 3 is 2.18 bits per heavy atom. The number of nitrogens with zero attached hydrogens (tertiary/aromatic N) is 1. The Kier molecular flexibility index (Phi) is 8.99. The lowest BCUT2D eigenvalue weighted by Gasteiger charge is -2.12. The number of para-hydroxylation sites is 1. The van der Waals surface area contributed by atoms with Gasteiger partial charge in [-0.2, -0.15) is 0 Å². The molecule has 0 aliphatic heterocycles. The zero-order valence-electron chi connectivity index (χ0n) is 19.1. The van der Waals surface area contributed by atoms with E-state index in [0.717, 1.165) is 11.3 Å². The van der Waals surface area contributed by atoms with Gasteiger partial charge in [0.15, 0.2) is 5.11 Å². The molecule has 0 aliphatic rings. The van der Waals surface area contributed by atoms with Crippen LogP contribution in [0.15, 0.2) is 78.9 Å². The summed E-state index contributed by atoms with van der Waals surface area (Å²) in [5, 5.41) is 5.81. The zero-order chi connectivity index (χ0) is 24.3. The predicted octanol–water partition coefficient (Wildman–Crippen LogP) is 3.90. The first kappa shape index (κ1) is 24.7. The second-order valence-electron chi connectivity index (χ2n) is 7.61.